The van der Waals surface area contributed by atoms with Gasteiger partial charge in [0.05, 0.1) is 30.6 Å². The fourth-order valence-electron chi connectivity index (χ4n) is 4.64. The highest BCUT2D eigenvalue weighted by Crippen LogP contribution is 2.29. The molecule has 2 aliphatic rings. The van der Waals surface area contributed by atoms with Crippen LogP contribution in [0.3, 0.4) is 0 Å². The van der Waals surface area contributed by atoms with E-state index < -0.39 is 17.7 Å². The maximum absolute atomic E-state index is 13.8. The Morgan fingerprint density at radius 1 is 1.13 bits per heavy atom. The highest BCUT2D eigenvalue weighted by molar-refractivity contribution is 5.84. The number of piperidine rings is 1. The van der Waals surface area contributed by atoms with E-state index in [9.17, 15) is 13.6 Å². The molecule has 3 heterocycles. The minimum absolute atomic E-state index is 0.00547. The van der Waals surface area contributed by atoms with E-state index in [4.69, 9.17) is 4.74 Å². The number of benzene rings is 1. The molecule has 1 amide bonds. The summed E-state index contributed by atoms with van der Waals surface area (Å²) in [5.41, 5.74) is 0.805. The van der Waals surface area contributed by atoms with Crippen molar-refractivity contribution >= 4 is 16.9 Å². The molecule has 30 heavy (non-hydrogen) atoms. The van der Waals surface area contributed by atoms with E-state index in [0.29, 0.717) is 17.0 Å². The predicted octanol–water partition coefficient (Wildman–Crippen LogP) is 3.08. The van der Waals surface area contributed by atoms with E-state index in [1.807, 2.05) is 18.7 Å². The number of rotatable bonds is 5. The Morgan fingerprint density at radius 2 is 1.80 bits per heavy atom. The van der Waals surface area contributed by atoms with Crippen molar-refractivity contribution in [2.24, 2.45) is 11.8 Å². The van der Waals surface area contributed by atoms with Crippen molar-refractivity contribution in [3.63, 3.8) is 0 Å². The fourth-order valence-corrected chi connectivity index (χ4v) is 4.64. The molecule has 1 unspecified atom stereocenters. The molecule has 6 nitrogen and oxygen atoms in total. The number of nitrogens with zero attached hydrogens (tertiary/aromatic N) is 4. The average molecular weight is 421 g/mol. The second-order valence-electron chi connectivity index (χ2n) is 8.78. The number of aromatic nitrogens is 2. The zero-order chi connectivity index (χ0) is 21.3. The molecule has 0 bridgehead atoms. The van der Waals surface area contributed by atoms with Gasteiger partial charge in [-0.15, -0.1) is 0 Å². The molecule has 2 fully saturated rings. The molecular formula is C22H30F2N4O2. The summed E-state index contributed by atoms with van der Waals surface area (Å²) in [5, 5.41) is 0. The lowest BCUT2D eigenvalue weighted by Crippen LogP contribution is -2.46. The average Bonchev–Trinajstić information content (AvgIpc) is 3.11. The van der Waals surface area contributed by atoms with E-state index >= 15 is 0 Å². The number of carbonyl (C=O) groups is 1. The minimum Gasteiger partial charge on any atom is -0.379 e. The van der Waals surface area contributed by atoms with E-state index in [-0.39, 0.29) is 11.8 Å². The Bertz CT molecular complexity index is 887. The Hall–Kier alpha value is -2.06. The number of amides is 1. The zero-order valence-corrected chi connectivity index (χ0v) is 17.7. The topological polar surface area (TPSA) is 50.6 Å². The van der Waals surface area contributed by atoms with Crippen LogP contribution in [0.4, 0.5) is 8.78 Å². The van der Waals surface area contributed by atoms with Crippen LogP contribution in [-0.4, -0.2) is 71.2 Å². The fraction of sp³-hybridized carbons (Fsp3) is 0.636. The molecule has 0 N–H and O–H groups in total. The lowest BCUT2D eigenvalue weighted by molar-refractivity contribution is -0.137. The quantitative estimate of drug-likeness (QED) is 0.746. The van der Waals surface area contributed by atoms with Crippen molar-refractivity contribution in [2.45, 2.75) is 32.7 Å². The molecule has 1 aromatic heterocycles. The molecule has 0 aliphatic carbocycles. The molecule has 0 radical (unpaired) electrons. The van der Waals surface area contributed by atoms with E-state index in [0.717, 1.165) is 70.9 Å². The summed E-state index contributed by atoms with van der Waals surface area (Å²) in [6.07, 6.45) is 3.49. The van der Waals surface area contributed by atoms with Crippen LogP contribution in [-0.2, 0) is 9.53 Å². The Morgan fingerprint density at radius 3 is 2.47 bits per heavy atom. The predicted molar refractivity (Wildman–Crippen MR) is 110 cm³/mol. The van der Waals surface area contributed by atoms with Crippen LogP contribution in [0.2, 0.25) is 0 Å². The second-order valence-corrected chi connectivity index (χ2v) is 8.78. The van der Waals surface area contributed by atoms with E-state index in [2.05, 4.69) is 9.88 Å². The van der Waals surface area contributed by atoms with Crippen molar-refractivity contribution in [3.05, 3.63) is 30.1 Å². The van der Waals surface area contributed by atoms with Crippen LogP contribution in [0.15, 0.2) is 18.5 Å². The standard InChI is InChI=1S/C22H30F2N4O2/c1-15(2)21(28-14-25-19-11-17(23)18(24)12-20(19)28)22(29)27-5-3-16(4-6-27)13-26-7-9-30-10-8-26/h11-12,14-16,21H,3-10,13H2,1-2H3. The number of hydrogen-bond donors (Lipinski definition) is 0. The van der Waals surface area contributed by atoms with Gasteiger partial charge >= 0.3 is 0 Å². The molecule has 4 rings (SSSR count). The largest absolute Gasteiger partial charge is 0.379 e. The first-order chi connectivity index (χ1) is 14.4. The van der Waals surface area contributed by atoms with Gasteiger partial charge in [0.25, 0.3) is 0 Å². The molecule has 2 saturated heterocycles. The Labute approximate surface area is 175 Å². The number of carbonyl (C=O) groups excluding carboxylic acids is 1. The van der Waals surface area contributed by atoms with Crippen molar-refractivity contribution in [3.8, 4) is 0 Å². The van der Waals surface area contributed by atoms with Gasteiger partial charge in [0.1, 0.15) is 6.04 Å². The first-order valence-corrected chi connectivity index (χ1v) is 10.8. The van der Waals surface area contributed by atoms with Crippen LogP contribution >= 0.6 is 0 Å². The van der Waals surface area contributed by atoms with Crippen LogP contribution in [0.25, 0.3) is 11.0 Å². The number of halogens is 2. The normalized spacial score (nSPS) is 20.2. The Balaban J connectivity index is 1.45. The van der Waals surface area contributed by atoms with Gasteiger partial charge < -0.3 is 14.2 Å². The minimum atomic E-state index is -0.928. The Kier molecular flexibility index (Phi) is 6.34. The molecule has 0 saturated carbocycles. The van der Waals surface area contributed by atoms with Gasteiger partial charge in [-0.3, -0.25) is 9.69 Å². The van der Waals surface area contributed by atoms with Gasteiger partial charge in [-0.1, -0.05) is 13.8 Å². The van der Waals surface area contributed by atoms with Crippen molar-refractivity contribution in [1.29, 1.82) is 0 Å². The SMILES string of the molecule is CC(C)C(C(=O)N1CCC(CN2CCOCC2)CC1)n1cnc2cc(F)c(F)cc21. The summed E-state index contributed by atoms with van der Waals surface area (Å²) in [5.74, 6) is -1.24. The zero-order valence-electron chi connectivity index (χ0n) is 17.7. The van der Waals surface area contributed by atoms with Crippen LogP contribution in [0.5, 0.6) is 0 Å². The maximum Gasteiger partial charge on any atom is 0.245 e. The summed E-state index contributed by atoms with van der Waals surface area (Å²) in [6.45, 7) is 10.0. The van der Waals surface area contributed by atoms with Crippen molar-refractivity contribution in [1.82, 2.24) is 19.4 Å². The molecule has 0 spiro atoms. The van der Waals surface area contributed by atoms with Crippen molar-refractivity contribution < 1.29 is 18.3 Å². The number of hydrogen-bond acceptors (Lipinski definition) is 4. The number of fused-ring (bicyclic) bond motifs is 1. The first-order valence-electron chi connectivity index (χ1n) is 10.8. The summed E-state index contributed by atoms with van der Waals surface area (Å²) in [6, 6.07) is 1.73. The third kappa shape index (κ3) is 4.34. The molecular weight excluding hydrogens is 390 g/mol. The van der Waals surface area contributed by atoms with Gasteiger partial charge in [0, 0.05) is 44.9 Å². The van der Waals surface area contributed by atoms with E-state index in [1.165, 1.54) is 6.33 Å². The molecule has 1 aromatic carbocycles. The second kappa shape index (κ2) is 8.98. The highest BCUT2D eigenvalue weighted by atomic mass is 19.2. The summed E-state index contributed by atoms with van der Waals surface area (Å²) in [7, 11) is 0. The molecule has 1 atom stereocenters. The highest BCUT2D eigenvalue weighted by Gasteiger charge is 2.33. The molecule has 2 aliphatic heterocycles. The third-order valence-corrected chi connectivity index (χ3v) is 6.35. The monoisotopic (exact) mass is 420 g/mol. The number of imidazole rings is 1. The van der Waals surface area contributed by atoms with Crippen LogP contribution in [0.1, 0.15) is 32.7 Å². The first kappa shape index (κ1) is 21.2. The van der Waals surface area contributed by atoms with Gasteiger partial charge in [-0.2, -0.15) is 0 Å². The third-order valence-electron chi connectivity index (χ3n) is 6.35. The lowest BCUT2D eigenvalue weighted by atomic mass is 9.94. The molecule has 164 valence electrons. The van der Waals surface area contributed by atoms with Gasteiger partial charge in [-0.25, -0.2) is 13.8 Å². The number of ether oxygens (including phenoxy) is 1. The number of likely N-dealkylation sites (tertiary alicyclic amines) is 1. The van der Waals surface area contributed by atoms with Gasteiger partial charge in [-0.05, 0) is 24.7 Å². The van der Waals surface area contributed by atoms with Crippen LogP contribution in [0, 0.1) is 23.5 Å². The summed E-state index contributed by atoms with van der Waals surface area (Å²) in [4.78, 5) is 22.0. The van der Waals surface area contributed by atoms with Crippen LogP contribution < -0.4 is 0 Å². The summed E-state index contributed by atoms with van der Waals surface area (Å²) < 4.78 is 34.5. The smallest absolute Gasteiger partial charge is 0.245 e. The molecule has 8 heteroatoms. The van der Waals surface area contributed by atoms with Crippen molar-refractivity contribution in [2.75, 3.05) is 45.9 Å². The molecule has 2 aromatic rings. The maximum atomic E-state index is 13.8. The summed E-state index contributed by atoms with van der Waals surface area (Å²) >= 11 is 0. The van der Waals surface area contributed by atoms with Gasteiger partial charge in [0.15, 0.2) is 11.6 Å². The van der Waals surface area contributed by atoms with Gasteiger partial charge in [0.2, 0.25) is 5.91 Å². The van der Waals surface area contributed by atoms with E-state index in [1.54, 1.807) is 4.57 Å². The lowest BCUT2D eigenvalue weighted by Gasteiger charge is -2.38. The number of morpholine rings is 1.